The molecule has 2 amide bonds. The van der Waals surface area contributed by atoms with Crippen molar-refractivity contribution in [3.63, 3.8) is 0 Å². The first-order valence-electron chi connectivity index (χ1n) is 8.79. The van der Waals surface area contributed by atoms with Gasteiger partial charge in [-0.15, -0.1) is 0 Å². The molecule has 2 unspecified atom stereocenters. The van der Waals surface area contributed by atoms with Crippen LogP contribution in [0.2, 0.25) is 5.02 Å². The second-order valence-corrected chi connectivity index (χ2v) is 7.66. The van der Waals surface area contributed by atoms with Gasteiger partial charge in [-0.05, 0) is 56.5 Å². The number of halogens is 1. The van der Waals surface area contributed by atoms with Crippen LogP contribution in [0, 0.1) is 5.92 Å². The number of rotatable bonds is 6. The van der Waals surface area contributed by atoms with Gasteiger partial charge in [-0.25, -0.2) is 0 Å². The average molecular weight is 364 g/mol. The summed E-state index contributed by atoms with van der Waals surface area (Å²) in [5, 5.41) is 10.0. The zero-order chi connectivity index (χ0) is 17.4. The monoisotopic (exact) mass is 363 g/mol. The molecule has 6 nitrogen and oxygen atoms in total. The molecule has 1 aromatic rings. The number of nitrogens with one attached hydrogen (secondary N) is 3. The fourth-order valence-electron chi connectivity index (χ4n) is 4.00. The van der Waals surface area contributed by atoms with Gasteiger partial charge in [0, 0.05) is 22.5 Å². The Hall–Kier alpha value is -1.79. The van der Waals surface area contributed by atoms with Crippen LogP contribution in [0.15, 0.2) is 24.3 Å². The molecular weight excluding hydrogens is 342 g/mol. The standard InChI is InChI=1S/C18H22ClN3O3/c19-11-3-5-12(6-4-11)25-10-16(23)22-18-8-13(18)15(9-18)21-17(24)14-2-1-7-20-14/h3-6,13-15,20H,1-2,7-10H2,(H,21,24)(H,22,23)/t13?,14?,15-,18+/m1/s1. The molecule has 1 aliphatic heterocycles. The van der Waals surface area contributed by atoms with E-state index in [9.17, 15) is 9.59 Å². The number of hydrogen-bond acceptors (Lipinski definition) is 4. The molecule has 2 aliphatic carbocycles. The maximum Gasteiger partial charge on any atom is 0.258 e. The van der Waals surface area contributed by atoms with E-state index in [4.69, 9.17) is 16.3 Å². The van der Waals surface area contributed by atoms with Gasteiger partial charge >= 0.3 is 0 Å². The zero-order valence-corrected chi connectivity index (χ0v) is 14.6. The van der Waals surface area contributed by atoms with Gasteiger partial charge in [-0.2, -0.15) is 0 Å². The van der Waals surface area contributed by atoms with E-state index in [0.717, 1.165) is 32.2 Å². The normalized spacial score (nSPS) is 32.3. The first-order chi connectivity index (χ1) is 12.1. The summed E-state index contributed by atoms with van der Waals surface area (Å²) < 4.78 is 5.47. The number of hydrogen-bond donors (Lipinski definition) is 3. The minimum atomic E-state index is -0.125. The van der Waals surface area contributed by atoms with Crippen LogP contribution < -0.4 is 20.7 Å². The molecule has 3 N–H and O–H groups in total. The zero-order valence-electron chi connectivity index (χ0n) is 13.9. The Morgan fingerprint density at radius 1 is 1.28 bits per heavy atom. The molecule has 25 heavy (non-hydrogen) atoms. The fraction of sp³-hybridized carbons (Fsp3) is 0.556. The molecule has 1 saturated heterocycles. The van der Waals surface area contributed by atoms with Gasteiger partial charge in [0.2, 0.25) is 5.91 Å². The molecule has 3 aliphatic rings. The average Bonchev–Trinajstić information content (AvgIpc) is 2.97. The summed E-state index contributed by atoms with van der Waals surface area (Å²) in [7, 11) is 0. The second-order valence-electron chi connectivity index (χ2n) is 7.23. The number of amides is 2. The van der Waals surface area contributed by atoms with Crippen molar-refractivity contribution >= 4 is 23.4 Å². The highest BCUT2D eigenvalue weighted by atomic mass is 35.5. The highest BCUT2D eigenvalue weighted by Crippen LogP contribution is 2.59. The highest BCUT2D eigenvalue weighted by Gasteiger charge is 2.68. The lowest BCUT2D eigenvalue weighted by atomic mass is 9.86. The van der Waals surface area contributed by atoms with Crippen molar-refractivity contribution in [2.45, 2.75) is 43.3 Å². The molecule has 2 saturated carbocycles. The van der Waals surface area contributed by atoms with Gasteiger partial charge in [0.05, 0.1) is 6.04 Å². The molecule has 0 spiro atoms. The maximum atomic E-state index is 12.1. The van der Waals surface area contributed by atoms with Crippen molar-refractivity contribution < 1.29 is 14.3 Å². The number of carbonyl (C=O) groups is 2. The van der Waals surface area contributed by atoms with Gasteiger partial charge in [-0.3, -0.25) is 9.59 Å². The Bertz CT molecular complexity index is 675. The molecule has 0 radical (unpaired) electrons. The van der Waals surface area contributed by atoms with Crippen molar-refractivity contribution in [1.29, 1.82) is 0 Å². The molecule has 1 aromatic carbocycles. The minimum Gasteiger partial charge on any atom is -0.484 e. The lowest BCUT2D eigenvalue weighted by Crippen LogP contribution is -2.58. The molecule has 134 valence electrons. The van der Waals surface area contributed by atoms with E-state index in [1.165, 1.54) is 0 Å². The number of ether oxygens (including phenoxy) is 1. The third-order valence-electron chi connectivity index (χ3n) is 5.48. The Morgan fingerprint density at radius 2 is 2.08 bits per heavy atom. The van der Waals surface area contributed by atoms with Crippen molar-refractivity contribution in [3.05, 3.63) is 29.3 Å². The van der Waals surface area contributed by atoms with E-state index in [1.54, 1.807) is 24.3 Å². The summed E-state index contributed by atoms with van der Waals surface area (Å²) in [5.41, 5.74) is -0.124. The van der Waals surface area contributed by atoms with Gasteiger partial charge in [0.25, 0.3) is 5.91 Å². The molecule has 0 aromatic heterocycles. The quantitative estimate of drug-likeness (QED) is 0.710. The Kier molecular flexibility index (Phi) is 4.33. The molecule has 1 heterocycles. The number of benzene rings is 1. The Labute approximate surface area is 151 Å². The number of fused-ring (bicyclic) bond motifs is 1. The van der Waals surface area contributed by atoms with Gasteiger partial charge in [0.1, 0.15) is 5.75 Å². The summed E-state index contributed by atoms with van der Waals surface area (Å²) in [6.07, 6.45) is 3.71. The van der Waals surface area contributed by atoms with Crippen molar-refractivity contribution in [2.75, 3.05) is 13.2 Å². The van der Waals surface area contributed by atoms with Crippen molar-refractivity contribution in [3.8, 4) is 5.75 Å². The summed E-state index contributed by atoms with van der Waals surface area (Å²) in [4.78, 5) is 24.2. The van der Waals surface area contributed by atoms with Gasteiger partial charge in [-0.1, -0.05) is 11.6 Å². The summed E-state index contributed by atoms with van der Waals surface area (Å²) >= 11 is 5.82. The van der Waals surface area contributed by atoms with E-state index in [2.05, 4.69) is 16.0 Å². The van der Waals surface area contributed by atoms with E-state index in [-0.39, 0.29) is 36.0 Å². The molecule has 4 atom stereocenters. The largest absolute Gasteiger partial charge is 0.484 e. The predicted octanol–water partition coefficient (Wildman–Crippen LogP) is 1.23. The lowest BCUT2D eigenvalue weighted by Gasteiger charge is -2.36. The third kappa shape index (κ3) is 3.46. The summed E-state index contributed by atoms with van der Waals surface area (Å²) in [5.74, 6) is 0.949. The Morgan fingerprint density at radius 3 is 2.76 bits per heavy atom. The van der Waals surface area contributed by atoms with Crippen molar-refractivity contribution in [2.24, 2.45) is 5.92 Å². The smallest absolute Gasteiger partial charge is 0.258 e. The maximum absolute atomic E-state index is 12.1. The van der Waals surface area contributed by atoms with Gasteiger partial charge in [0.15, 0.2) is 6.61 Å². The van der Waals surface area contributed by atoms with E-state index in [1.807, 2.05) is 0 Å². The first-order valence-corrected chi connectivity index (χ1v) is 9.17. The van der Waals surface area contributed by atoms with Crippen LogP contribution in [0.4, 0.5) is 0 Å². The molecule has 0 bridgehead atoms. The van der Waals surface area contributed by atoms with Crippen LogP contribution >= 0.6 is 11.6 Å². The van der Waals surface area contributed by atoms with Crippen LogP contribution in [-0.2, 0) is 9.59 Å². The SMILES string of the molecule is O=C(COc1ccc(Cl)cc1)N[C@]12CC1[C@H](NC(=O)C1CCCN1)C2. The van der Waals surface area contributed by atoms with E-state index in [0.29, 0.717) is 16.7 Å². The van der Waals surface area contributed by atoms with E-state index >= 15 is 0 Å². The second kappa shape index (κ2) is 6.50. The Balaban J connectivity index is 1.19. The van der Waals surface area contributed by atoms with Crippen LogP contribution in [0.1, 0.15) is 25.7 Å². The van der Waals surface area contributed by atoms with Crippen molar-refractivity contribution in [1.82, 2.24) is 16.0 Å². The fourth-order valence-corrected chi connectivity index (χ4v) is 4.13. The summed E-state index contributed by atoms with van der Waals surface area (Å²) in [6, 6.07) is 7.06. The molecular formula is C18H22ClN3O3. The van der Waals surface area contributed by atoms with E-state index < -0.39 is 0 Å². The first kappa shape index (κ1) is 16.7. The predicted molar refractivity (Wildman–Crippen MR) is 93.5 cm³/mol. The third-order valence-corrected chi connectivity index (χ3v) is 5.73. The lowest BCUT2D eigenvalue weighted by molar-refractivity contribution is -0.125. The topological polar surface area (TPSA) is 79.5 Å². The molecule has 3 fully saturated rings. The molecule has 7 heteroatoms. The van der Waals surface area contributed by atoms with Crippen LogP contribution in [-0.4, -0.2) is 42.6 Å². The number of carbonyl (C=O) groups excluding carboxylic acids is 2. The van der Waals surface area contributed by atoms with Crippen LogP contribution in [0.3, 0.4) is 0 Å². The highest BCUT2D eigenvalue weighted by molar-refractivity contribution is 6.30. The summed E-state index contributed by atoms with van der Waals surface area (Å²) in [6.45, 7) is 0.902. The van der Waals surface area contributed by atoms with Gasteiger partial charge < -0.3 is 20.7 Å². The van der Waals surface area contributed by atoms with Crippen LogP contribution in [0.5, 0.6) is 5.75 Å². The molecule has 4 rings (SSSR count). The van der Waals surface area contributed by atoms with Crippen LogP contribution in [0.25, 0.3) is 0 Å². The minimum absolute atomic E-state index is 0.0148.